The Bertz CT molecular complexity index is 351. The summed E-state index contributed by atoms with van der Waals surface area (Å²) in [5.41, 5.74) is 0.614. The van der Waals surface area contributed by atoms with Crippen LogP contribution < -0.4 is 5.32 Å². The first-order valence-electron chi connectivity index (χ1n) is 4.62. The van der Waals surface area contributed by atoms with Crippen LogP contribution in [0.1, 0.15) is 24.3 Å². The van der Waals surface area contributed by atoms with Crippen molar-refractivity contribution in [1.82, 2.24) is 9.78 Å². The van der Waals surface area contributed by atoms with E-state index in [0.717, 1.165) is 11.6 Å². The van der Waals surface area contributed by atoms with Gasteiger partial charge in [-0.2, -0.15) is 5.10 Å². The van der Waals surface area contributed by atoms with E-state index in [0.29, 0.717) is 5.69 Å². The highest BCUT2D eigenvalue weighted by atomic mass is 33.1. The van der Waals surface area contributed by atoms with Gasteiger partial charge in [0.2, 0.25) is 0 Å². The number of ketones is 1. The van der Waals surface area contributed by atoms with Crippen LogP contribution >= 0.6 is 22.5 Å². The van der Waals surface area contributed by atoms with Gasteiger partial charge in [-0.3, -0.25) is 9.48 Å². The van der Waals surface area contributed by atoms with E-state index in [1.807, 2.05) is 6.92 Å². The van der Waals surface area contributed by atoms with Gasteiger partial charge < -0.3 is 5.32 Å². The van der Waals surface area contributed by atoms with Gasteiger partial charge in [-0.15, -0.1) is 11.7 Å². The number of carbonyl (C=O) groups is 1. The summed E-state index contributed by atoms with van der Waals surface area (Å²) in [7, 11) is 3.24. The average molecular weight is 245 g/mol. The Hall–Kier alpha value is -0.620. The molecule has 0 radical (unpaired) electrons. The predicted molar refractivity (Wildman–Crippen MR) is 67.7 cm³/mol. The summed E-state index contributed by atoms with van der Waals surface area (Å²) in [5, 5.41) is 7.41. The summed E-state index contributed by atoms with van der Waals surface area (Å²) in [6.07, 6.45) is 0. The minimum atomic E-state index is 0.0225. The molecule has 1 aromatic heterocycles. The number of hydrogen-bond donors (Lipinski definition) is 2. The Morgan fingerprint density at radius 3 is 2.93 bits per heavy atom. The second-order valence-electron chi connectivity index (χ2n) is 3.44. The molecule has 1 rings (SSSR count). The zero-order chi connectivity index (χ0) is 11.4. The Morgan fingerprint density at radius 2 is 2.47 bits per heavy atom. The van der Waals surface area contributed by atoms with E-state index in [1.165, 1.54) is 17.7 Å². The molecule has 6 heteroatoms. The molecular formula is C9H15N3OS2. The Labute approximate surface area is 98.6 Å². The third kappa shape index (κ3) is 3.46. The van der Waals surface area contributed by atoms with Gasteiger partial charge in [0.05, 0.1) is 0 Å². The zero-order valence-corrected chi connectivity index (χ0v) is 10.7. The molecule has 84 valence electrons. The highest BCUT2D eigenvalue weighted by Crippen LogP contribution is 2.13. The molecule has 0 fully saturated rings. The van der Waals surface area contributed by atoms with Crippen molar-refractivity contribution in [3.8, 4) is 0 Å². The lowest BCUT2D eigenvalue weighted by atomic mass is 10.3. The van der Waals surface area contributed by atoms with Crippen molar-refractivity contribution >= 4 is 34.1 Å². The van der Waals surface area contributed by atoms with Gasteiger partial charge >= 0.3 is 0 Å². The van der Waals surface area contributed by atoms with Crippen LogP contribution in [-0.4, -0.2) is 27.4 Å². The average Bonchev–Trinajstić information content (AvgIpc) is 2.47. The highest BCUT2D eigenvalue weighted by molar-refractivity contribution is 8.68. The van der Waals surface area contributed by atoms with Crippen molar-refractivity contribution in [1.29, 1.82) is 0 Å². The molecule has 1 N–H and O–H groups in total. The third-order valence-electron chi connectivity index (χ3n) is 1.96. The molecule has 1 aromatic rings. The lowest BCUT2D eigenvalue weighted by molar-refractivity contribution is 0.100. The first kappa shape index (κ1) is 12.4. The van der Waals surface area contributed by atoms with Crippen LogP contribution in [0.3, 0.4) is 0 Å². The largest absolute Gasteiger partial charge is 0.365 e. The molecule has 1 unspecified atom stereocenters. The standard InChI is InChI=1S/C9H15N3OS2/c1-6(5-15-14)10-9-4-8(7(2)13)12(3)11-9/h4,6,14H,5H2,1-3H3,(H,10,11). The van der Waals surface area contributed by atoms with Gasteiger partial charge in [0, 0.05) is 31.8 Å². The van der Waals surface area contributed by atoms with Crippen molar-refractivity contribution in [3.63, 3.8) is 0 Å². The van der Waals surface area contributed by atoms with Crippen LogP contribution in [0.2, 0.25) is 0 Å². The van der Waals surface area contributed by atoms with Gasteiger partial charge in [0.25, 0.3) is 0 Å². The summed E-state index contributed by atoms with van der Waals surface area (Å²) < 4.78 is 1.59. The molecule has 0 saturated carbocycles. The van der Waals surface area contributed by atoms with Gasteiger partial charge in [-0.25, -0.2) is 0 Å². The molecule has 1 atom stereocenters. The number of Topliss-reactive ketones (excluding diaryl/α,β-unsaturated/α-hetero) is 1. The van der Waals surface area contributed by atoms with Gasteiger partial charge in [0.15, 0.2) is 5.78 Å². The molecular weight excluding hydrogens is 230 g/mol. The predicted octanol–water partition coefficient (Wildman–Crippen LogP) is 2.00. The fourth-order valence-corrected chi connectivity index (χ4v) is 2.25. The van der Waals surface area contributed by atoms with Crippen molar-refractivity contribution in [2.75, 3.05) is 11.1 Å². The van der Waals surface area contributed by atoms with Crippen LogP contribution in [0, 0.1) is 0 Å². The fourth-order valence-electron chi connectivity index (χ4n) is 1.27. The Morgan fingerprint density at radius 1 is 1.80 bits per heavy atom. The summed E-state index contributed by atoms with van der Waals surface area (Å²) in [5.74, 6) is 1.64. The number of anilines is 1. The number of aromatic nitrogens is 2. The van der Waals surface area contributed by atoms with E-state index in [4.69, 9.17) is 0 Å². The number of aryl methyl sites for hydroxylation is 1. The van der Waals surface area contributed by atoms with Crippen LogP contribution in [0.25, 0.3) is 0 Å². The Kier molecular flexibility index (Phi) is 4.53. The SMILES string of the molecule is CC(=O)c1cc(NC(C)CSS)nn1C. The quantitative estimate of drug-likeness (QED) is 0.473. The van der Waals surface area contributed by atoms with E-state index < -0.39 is 0 Å². The van der Waals surface area contributed by atoms with Crippen molar-refractivity contribution in [3.05, 3.63) is 11.8 Å². The second kappa shape index (κ2) is 5.46. The zero-order valence-electron chi connectivity index (χ0n) is 9.02. The van der Waals surface area contributed by atoms with Gasteiger partial charge in [0.1, 0.15) is 11.5 Å². The van der Waals surface area contributed by atoms with E-state index in [2.05, 4.69) is 22.1 Å². The highest BCUT2D eigenvalue weighted by Gasteiger charge is 2.10. The molecule has 15 heavy (non-hydrogen) atoms. The van der Waals surface area contributed by atoms with Gasteiger partial charge in [-0.1, -0.05) is 10.8 Å². The number of nitrogens with one attached hydrogen (secondary N) is 1. The minimum Gasteiger partial charge on any atom is -0.365 e. The van der Waals surface area contributed by atoms with E-state index >= 15 is 0 Å². The fraction of sp³-hybridized carbons (Fsp3) is 0.556. The number of carbonyl (C=O) groups excluding carboxylic acids is 1. The van der Waals surface area contributed by atoms with Crippen molar-refractivity contribution in [2.24, 2.45) is 7.05 Å². The molecule has 0 aliphatic heterocycles. The topological polar surface area (TPSA) is 46.9 Å². The molecule has 0 amide bonds. The summed E-state index contributed by atoms with van der Waals surface area (Å²) >= 11 is 4.08. The van der Waals surface area contributed by atoms with Crippen LogP contribution in [0.5, 0.6) is 0 Å². The Balaban J connectivity index is 2.71. The normalized spacial score (nSPS) is 12.5. The number of hydrogen-bond acceptors (Lipinski definition) is 5. The second-order valence-corrected chi connectivity index (χ2v) is 4.80. The summed E-state index contributed by atoms with van der Waals surface area (Å²) in [6, 6.07) is 2.05. The number of nitrogens with zero attached hydrogens (tertiary/aromatic N) is 2. The third-order valence-corrected chi connectivity index (χ3v) is 3.06. The molecule has 0 aliphatic rings. The minimum absolute atomic E-state index is 0.0225. The number of rotatable bonds is 5. The first-order valence-corrected chi connectivity index (χ1v) is 6.66. The molecule has 0 aromatic carbocycles. The molecule has 0 spiro atoms. The lowest BCUT2D eigenvalue weighted by Crippen LogP contribution is -2.17. The summed E-state index contributed by atoms with van der Waals surface area (Å²) in [6.45, 7) is 3.58. The van der Waals surface area contributed by atoms with Gasteiger partial charge in [-0.05, 0) is 6.92 Å². The van der Waals surface area contributed by atoms with E-state index in [-0.39, 0.29) is 11.8 Å². The van der Waals surface area contributed by atoms with Crippen LogP contribution in [0.4, 0.5) is 5.82 Å². The van der Waals surface area contributed by atoms with Crippen molar-refractivity contribution in [2.45, 2.75) is 19.9 Å². The molecule has 0 bridgehead atoms. The molecule has 0 saturated heterocycles. The molecule has 1 heterocycles. The smallest absolute Gasteiger partial charge is 0.177 e. The van der Waals surface area contributed by atoms with Crippen molar-refractivity contribution < 1.29 is 4.79 Å². The van der Waals surface area contributed by atoms with E-state index in [1.54, 1.807) is 17.8 Å². The monoisotopic (exact) mass is 245 g/mol. The first-order chi connectivity index (χ1) is 7.04. The summed E-state index contributed by atoms with van der Waals surface area (Å²) in [4.78, 5) is 11.2. The number of thiol groups is 1. The maximum atomic E-state index is 11.2. The maximum absolute atomic E-state index is 11.2. The van der Waals surface area contributed by atoms with Crippen LogP contribution in [-0.2, 0) is 7.05 Å². The lowest BCUT2D eigenvalue weighted by Gasteiger charge is -2.09. The molecule has 0 aliphatic carbocycles. The molecule has 4 nitrogen and oxygen atoms in total. The van der Waals surface area contributed by atoms with E-state index in [9.17, 15) is 4.79 Å². The maximum Gasteiger partial charge on any atom is 0.177 e. The van der Waals surface area contributed by atoms with Crippen LogP contribution in [0.15, 0.2) is 6.07 Å².